The van der Waals surface area contributed by atoms with E-state index in [-0.39, 0.29) is 12.0 Å². The summed E-state index contributed by atoms with van der Waals surface area (Å²) in [6.07, 6.45) is 0.534. The molecule has 4 nitrogen and oxygen atoms in total. The average Bonchev–Trinajstić information content (AvgIpc) is 2.56. The standard InChI is InChI=1S/C19H20F2N2O2/c1-12(24)14-10-16(20)19(17(21)11-14)22-18(25)8-7-13-5-4-6-15(9-13)23(2)3/h4-6,9-11H,7-8H2,1-3H3,(H,22,25). The van der Waals surface area contributed by atoms with E-state index >= 15 is 0 Å². The van der Waals surface area contributed by atoms with Crippen LogP contribution in [0.15, 0.2) is 36.4 Å². The fraction of sp³-hybridized carbons (Fsp3) is 0.263. The number of carbonyl (C=O) groups is 2. The van der Waals surface area contributed by atoms with Crippen molar-refractivity contribution in [2.75, 3.05) is 24.3 Å². The number of nitrogens with one attached hydrogen (secondary N) is 1. The molecule has 0 aliphatic heterocycles. The molecule has 0 spiro atoms. The Balaban J connectivity index is 2.03. The van der Waals surface area contributed by atoms with Gasteiger partial charge < -0.3 is 10.2 Å². The number of hydrogen-bond donors (Lipinski definition) is 1. The van der Waals surface area contributed by atoms with Crippen molar-refractivity contribution in [1.29, 1.82) is 0 Å². The molecule has 1 amide bonds. The highest BCUT2D eigenvalue weighted by Gasteiger charge is 2.15. The Morgan fingerprint density at radius 3 is 2.28 bits per heavy atom. The number of aryl methyl sites for hydroxylation is 1. The first kappa shape index (κ1) is 18.6. The first-order valence-electron chi connectivity index (χ1n) is 7.84. The molecule has 2 rings (SSSR count). The van der Waals surface area contributed by atoms with Crippen LogP contribution in [0.4, 0.5) is 20.2 Å². The number of anilines is 2. The molecule has 132 valence electrons. The highest BCUT2D eigenvalue weighted by Crippen LogP contribution is 2.22. The van der Waals surface area contributed by atoms with Crippen LogP contribution in [0.2, 0.25) is 0 Å². The molecule has 0 saturated heterocycles. The molecule has 0 fully saturated rings. The van der Waals surface area contributed by atoms with Crippen molar-refractivity contribution in [3.8, 4) is 0 Å². The van der Waals surface area contributed by atoms with Gasteiger partial charge in [0.25, 0.3) is 0 Å². The Morgan fingerprint density at radius 1 is 1.08 bits per heavy atom. The molecule has 0 saturated carbocycles. The zero-order valence-electron chi connectivity index (χ0n) is 14.4. The Hall–Kier alpha value is -2.76. The molecule has 0 radical (unpaired) electrons. The van der Waals surface area contributed by atoms with Crippen molar-refractivity contribution in [2.24, 2.45) is 0 Å². The first-order chi connectivity index (χ1) is 11.8. The molecule has 0 atom stereocenters. The topological polar surface area (TPSA) is 49.4 Å². The van der Waals surface area contributed by atoms with E-state index in [1.165, 1.54) is 6.92 Å². The van der Waals surface area contributed by atoms with Gasteiger partial charge in [-0.1, -0.05) is 12.1 Å². The third-order valence-corrected chi connectivity index (χ3v) is 3.78. The minimum absolute atomic E-state index is 0.0755. The van der Waals surface area contributed by atoms with Gasteiger partial charge in [-0.15, -0.1) is 0 Å². The number of hydrogen-bond acceptors (Lipinski definition) is 3. The van der Waals surface area contributed by atoms with E-state index in [9.17, 15) is 18.4 Å². The molecule has 1 N–H and O–H groups in total. The molecule has 2 aromatic carbocycles. The maximum atomic E-state index is 13.9. The van der Waals surface area contributed by atoms with Gasteiger partial charge in [-0.2, -0.15) is 0 Å². The number of ketones is 1. The lowest BCUT2D eigenvalue weighted by molar-refractivity contribution is -0.116. The minimum atomic E-state index is -0.965. The maximum absolute atomic E-state index is 13.9. The third kappa shape index (κ3) is 4.86. The van der Waals surface area contributed by atoms with Crippen molar-refractivity contribution in [3.63, 3.8) is 0 Å². The summed E-state index contributed by atoms with van der Waals surface area (Å²) in [5.41, 5.74) is 1.36. The van der Waals surface area contributed by atoms with Gasteiger partial charge in [-0.05, 0) is 43.2 Å². The van der Waals surface area contributed by atoms with E-state index in [2.05, 4.69) is 5.32 Å². The van der Waals surface area contributed by atoms with Crippen LogP contribution in [-0.4, -0.2) is 25.8 Å². The Bertz CT molecular complexity index is 781. The fourth-order valence-corrected chi connectivity index (χ4v) is 2.35. The minimum Gasteiger partial charge on any atom is -0.378 e. The van der Waals surface area contributed by atoms with E-state index in [4.69, 9.17) is 0 Å². The highest BCUT2D eigenvalue weighted by molar-refractivity contribution is 5.96. The van der Waals surface area contributed by atoms with E-state index in [0.717, 1.165) is 23.4 Å². The number of rotatable bonds is 6. The predicted molar refractivity (Wildman–Crippen MR) is 94.1 cm³/mol. The summed E-state index contributed by atoms with van der Waals surface area (Å²) in [6, 6.07) is 9.52. The van der Waals surface area contributed by atoms with Gasteiger partial charge in [0.15, 0.2) is 5.78 Å². The lowest BCUT2D eigenvalue weighted by Gasteiger charge is -2.13. The second-order valence-electron chi connectivity index (χ2n) is 5.98. The maximum Gasteiger partial charge on any atom is 0.224 e. The summed E-state index contributed by atoms with van der Waals surface area (Å²) < 4.78 is 27.8. The number of carbonyl (C=O) groups excluding carboxylic acids is 2. The summed E-state index contributed by atoms with van der Waals surface area (Å²) in [6.45, 7) is 1.22. The molecule has 0 bridgehead atoms. The summed E-state index contributed by atoms with van der Waals surface area (Å²) >= 11 is 0. The van der Waals surface area contributed by atoms with Crippen molar-refractivity contribution in [2.45, 2.75) is 19.8 Å². The SMILES string of the molecule is CC(=O)c1cc(F)c(NC(=O)CCc2cccc(N(C)C)c2)c(F)c1. The third-order valence-electron chi connectivity index (χ3n) is 3.78. The van der Waals surface area contributed by atoms with Crippen LogP contribution in [-0.2, 0) is 11.2 Å². The molecule has 25 heavy (non-hydrogen) atoms. The zero-order chi connectivity index (χ0) is 18.6. The van der Waals surface area contributed by atoms with Crippen LogP contribution in [0.25, 0.3) is 0 Å². The molecular weight excluding hydrogens is 326 g/mol. The van der Waals surface area contributed by atoms with Crippen LogP contribution >= 0.6 is 0 Å². The van der Waals surface area contributed by atoms with Crippen LogP contribution in [0.3, 0.4) is 0 Å². The smallest absolute Gasteiger partial charge is 0.224 e. The molecule has 0 unspecified atom stereocenters. The Labute approximate surface area is 145 Å². The lowest BCUT2D eigenvalue weighted by atomic mass is 10.1. The fourth-order valence-electron chi connectivity index (χ4n) is 2.35. The lowest BCUT2D eigenvalue weighted by Crippen LogP contribution is -2.15. The number of benzene rings is 2. The summed E-state index contributed by atoms with van der Waals surface area (Å²) in [4.78, 5) is 25.1. The van der Waals surface area contributed by atoms with Gasteiger partial charge in [0.05, 0.1) is 0 Å². The molecule has 6 heteroatoms. The summed E-state index contributed by atoms with van der Waals surface area (Å²) in [7, 11) is 3.84. The van der Waals surface area contributed by atoms with Crippen molar-refractivity contribution >= 4 is 23.1 Å². The van der Waals surface area contributed by atoms with Crippen LogP contribution in [0.1, 0.15) is 29.3 Å². The number of halogens is 2. The summed E-state index contributed by atoms with van der Waals surface area (Å²) in [5.74, 6) is -2.87. The molecule has 0 aliphatic rings. The first-order valence-corrected chi connectivity index (χ1v) is 7.84. The van der Waals surface area contributed by atoms with Gasteiger partial charge in [0, 0.05) is 31.8 Å². The Kier molecular flexibility index (Phi) is 5.85. The van der Waals surface area contributed by atoms with E-state index < -0.39 is 29.0 Å². The zero-order valence-corrected chi connectivity index (χ0v) is 14.4. The second kappa shape index (κ2) is 7.88. The van der Waals surface area contributed by atoms with Crippen LogP contribution in [0, 0.1) is 11.6 Å². The second-order valence-corrected chi connectivity index (χ2v) is 5.98. The molecule has 2 aromatic rings. The highest BCUT2D eigenvalue weighted by atomic mass is 19.1. The van der Waals surface area contributed by atoms with Gasteiger partial charge in [0.2, 0.25) is 5.91 Å². The van der Waals surface area contributed by atoms with E-state index in [0.29, 0.717) is 6.42 Å². The monoisotopic (exact) mass is 346 g/mol. The van der Waals surface area contributed by atoms with Gasteiger partial charge in [0.1, 0.15) is 17.3 Å². The Morgan fingerprint density at radius 2 is 1.72 bits per heavy atom. The predicted octanol–water partition coefficient (Wildman–Crippen LogP) is 3.80. The largest absolute Gasteiger partial charge is 0.378 e. The number of Topliss-reactive ketones (excluding diaryl/α,β-unsaturated/α-hetero) is 1. The average molecular weight is 346 g/mol. The quantitative estimate of drug-likeness (QED) is 0.810. The molecule has 0 heterocycles. The van der Waals surface area contributed by atoms with E-state index in [1.54, 1.807) is 0 Å². The molecule has 0 aliphatic carbocycles. The molecule has 0 aromatic heterocycles. The van der Waals surface area contributed by atoms with E-state index in [1.807, 2.05) is 43.3 Å². The van der Waals surface area contributed by atoms with Gasteiger partial charge in [-0.25, -0.2) is 8.78 Å². The van der Waals surface area contributed by atoms with Crippen molar-refractivity contribution < 1.29 is 18.4 Å². The van der Waals surface area contributed by atoms with Crippen molar-refractivity contribution in [3.05, 3.63) is 59.2 Å². The molecular formula is C19H20F2N2O2. The number of nitrogens with zero attached hydrogens (tertiary/aromatic N) is 1. The van der Waals surface area contributed by atoms with Crippen molar-refractivity contribution in [1.82, 2.24) is 0 Å². The van der Waals surface area contributed by atoms with Gasteiger partial charge in [-0.3, -0.25) is 9.59 Å². The summed E-state index contributed by atoms with van der Waals surface area (Å²) in [5, 5.41) is 2.24. The van der Waals surface area contributed by atoms with Crippen LogP contribution in [0.5, 0.6) is 0 Å². The number of amides is 1. The van der Waals surface area contributed by atoms with Gasteiger partial charge >= 0.3 is 0 Å². The van der Waals surface area contributed by atoms with Crippen LogP contribution < -0.4 is 10.2 Å². The normalized spacial score (nSPS) is 10.4.